The van der Waals surface area contributed by atoms with Gasteiger partial charge in [0.1, 0.15) is 12.2 Å². The Kier molecular flexibility index (Phi) is 3.29. The molecule has 2 aromatic rings. The lowest BCUT2D eigenvalue weighted by Gasteiger charge is -2.15. The summed E-state index contributed by atoms with van der Waals surface area (Å²) in [6.07, 6.45) is 0. The van der Waals surface area contributed by atoms with Gasteiger partial charge in [0.05, 0.1) is 5.52 Å². The number of aromatic nitrogens is 1. The number of carboxylic acid groups (broad SMARTS) is 1. The van der Waals surface area contributed by atoms with Gasteiger partial charge in [0.2, 0.25) is 0 Å². The lowest BCUT2D eigenvalue weighted by Crippen LogP contribution is -2.33. The fourth-order valence-corrected chi connectivity index (χ4v) is 2.30. The van der Waals surface area contributed by atoms with Crippen LogP contribution in [0.25, 0.3) is 10.9 Å². The SMILES string of the molecule is Cc1cccc2cc(C(=O)N(C)CC(=O)O)n(C)c12. The van der Waals surface area contributed by atoms with Gasteiger partial charge >= 0.3 is 5.97 Å². The smallest absolute Gasteiger partial charge is 0.323 e. The molecule has 1 N–H and O–H groups in total. The number of hydrogen-bond donors (Lipinski definition) is 1. The highest BCUT2D eigenvalue weighted by Gasteiger charge is 2.19. The van der Waals surface area contributed by atoms with Crippen LogP contribution in [0.4, 0.5) is 0 Å². The second kappa shape index (κ2) is 4.76. The molecule has 0 spiro atoms. The van der Waals surface area contributed by atoms with Crippen molar-refractivity contribution < 1.29 is 14.7 Å². The molecular weight excluding hydrogens is 244 g/mol. The highest BCUT2D eigenvalue weighted by Crippen LogP contribution is 2.22. The lowest BCUT2D eigenvalue weighted by atomic mass is 10.2. The number of rotatable bonds is 3. The van der Waals surface area contributed by atoms with E-state index < -0.39 is 5.97 Å². The van der Waals surface area contributed by atoms with Gasteiger partial charge in [-0.05, 0) is 18.6 Å². The number of amides is 1. The van der Waals surface area contributed by atoms with E-state index in [2.05, 4.69) is 0 Å². The number of carboxylic acids is 1. The molecule has 5 nitrogen and oxygen atoms in total. The van der Waals surface area contributed by atoms with E-state index in [0.717, 1.165) is 16.5 Å². The van der Waals surface area contributed by atoms with E-state index in [9.17, 15) is 9.59 Å². The Bertz CT molecular complexity index is 658. The monoisotopic (exact) mass is 260 g/mol. The van der Waals surface area contributed by atoms with E-state index in [0.29, 0.717) is 5.69 Å². The third kappa shape index (κ3) is 2.31. The average Bonchev–Trinajstić information content (AvgIpc) is 2.66. The van der Waals surface area contributed by atoms with Gasteiger partial charge in [-0.2, -0.15) is 0 Å². The molecule has 2 rings (SSSR count). The van der Waals surface area contributed by atoms with Crippen LogP contribution in [0.5, 0.6) is 0 Å². The molecule has 0 saturated carbocycles. The van der Waals surface area contributed by atoms with Crippen LogP contribution in [0, 0.1) is 6.92 Å². The summed E-state index contributed by atoms with van der Waals surface area (Å²) in [6, 6.07) is 7.66. The molecule has 0 saturated heterocycles. The molecule has 0 fully saturated rings. The van der Waals surface area contributed by atoms with Crippen molar-refractivity contribution in [3.8, 4) is 0 Å². The number of fused-ring (bicyclic) bond motifs is 1. The number of nitrogens with zero attached hydrogens (tertiary/aromatic N) is 2. The third-order valence-corrected chi connectivity index (χ3v) is 3.20. The van der Waals surface area contributed by atoms with Gasteiger partial charge in [-0.25, -0.2) is 0 Å². The second-order valence-electron chi connectivity index (χ2n) is 4.66. The van der Waals surface area contributed by atoms with E-state index in [1.165, 1.54) is 11.9 Å². The molecule has 0 atom stereocenters. The van der Waals surface area contributed by atoms with Gasteiger partial charge in [-0.15, -0.1) is 0 Å². The Morgan fingerprint density at radius 2 is 2.05 bits per heavy atom. The minimum absolute atomic E-state index is 0.291. The molecule has 1 amide bonds. The minimum atomic E-state index is -1.02. The van der Waals surface area contributed by atoms with Crippen LogP contribution in [-0.4, -0.2) is 40.0 Å². The van der Waals surface area contributed by atoms with Gasteiger partial charge in [0, 0.05) is 19.5 Å². The zero-order chi connectivity index (χ0) is 14.2. The van der Waals surface area contributed by atoms with E-state index in [1.54, 1.807) is 6.07 Å². The first-order valence-corrected chi connectivity index (χ1v) is 5.94. The molecule has 0 unspecified atom stereocenters. The molecule has 1 aromatic heterocycles. The van der Waals surface area contributed by atoms with Crippen molar-refractivity contribution in [2.24, 2.45) is 7.05 Å². The molecular formula is C14H16N2O3. The van der Waals surface area contributed by atoms with Crippen molar-refractivity contribution in [3.05, 3.63) is 35.5 Å². The van der Waals surface area contributed by atoms with Crippen molar-refractivity contribution in [2.45, 2.75) is 6.92 Å². The molecule has 0 radical (unpaired) electrons. The molecule has 0 aliphatic carbocycles. The zero-order valence-electron chi connectivity index (χ0n) is 11.2. The fourth-order valence-electron chi connectivity index (χ4n) is 2.30. The Labute approximate surface area is 111 Å². The van der Waals surface area contributed by atoms with Gasteiger partial charge in [0.15, 0.2) is 0 Å². The first-order valence-electron chi connectivity index (χ1n) is 5.94. The topological polar surface area (TPSA) is 62.5 Å². The highest BCUT2D eigenvalue weighted by molar-refractivity contribution is 6.00. The van der Waals surface area contributed by atoms with Crippen LogP contribution in [0.15, 0.2) is 24.3 Å². The van der Waals surface area contributed by atoms with Crippen LogP contribution in [0.2, 0.25) is 0 Å². The van der Waals surface area contributed by atoms with Crippen molar-refractivity contribution in [3.63, 3.8) is 0 Å². The number of aryl methyl sites for hydroxylation is 2. The van der Waals surface area contributed by atoms with Crippen molar-refractivity contribution in [1.29, 1.82) is 0 Å². The van der Waals surface area contributed by atoms with E-state index in [-0.39, 0.29) is 12.5 Å². The number of aliphatic carboxylic acids is 1. The number of benzene rings is 1. The van der Waals surface area contributed by atoms with Gasteiger partial charge < -0.3 is 14.6 Å². The predicted octanol–water partition coefficient (Wildman–Crippen LogP) is 1.64. The van der Waals surface area contributed by atoms with Crippen LogP contribution in [0.1, 0.15) is 16.1 Å². The number of carbonyl (C=O) groups is 2. The first kappa shape index (κ1) is 13.1. The quantitative estimate of drug-likeness (QED) is 0.912. The van der Waals surface area contributed by atoms with Crippen LogP contribution >= 0.6 is 0 Å². The normalized spacial score (nSPS) is 10.7. The summed E-state index contributed by atoms with van der Waals surface area (Å²) in [4.78, 5) is 24.1. The maximum Gasteiger partial charge on any atom is 0.323 e. The van der Waals surface area contributed by atoms with E-state index in [4.69, 9.17) is 5.11 Å². The summed E-state index contributed by atoms with van der Waals surface area (Å²) in [6.45, 7) is 1.68. The van der Waals surface area contributed by atoms with Crippen LogP contribution < -0.4 is 0 Å². The van der Waals surface area contributed by atoms with Gasteiger partial charge in [0.25, 0.3) is 5.91 Å². The summed E-state index contributed by atoms with van der Waals surface area (Å²) in [7, 11) is 3.30. The largest absolute Gasteiger partial charge is 0.480 e. The van der Waals surface area contributed by atoms with Crippen molar-refractivity contribution in [1.82, 2.24) is 9.47 Å². The number of likely N-dealkylation sites (N-methyl/N-ethyl adjacent to an activating group) is 1. The Morgan fingerprint density at radius 1 is 1.37 bits per heavy atom. The van der Waals surface area contributed by atoms with Gasteiger partial charge in [-0.3, -0.25) is 9.59 Å². The maximum atomic E-state index is 12.2. The number of para-hydroxylation sites is 1. The highest BCUT2D eigenvalue weighted by atomic mass is 16.4. The van der Waals surface area contributed by atoms with Crippen LogP contribution in [-0.2, 0) is 11.8 Å². The zero-order valence-corrected chi connectivity index (χ0v) is 11.2. The predicted molar refractivity (Wildman–Crippen MR) is 72.3 cm³/mol. The standard InChI is InChI=1S/C14H16N2O3/c1-9-5-4-6-10-7-11(16(3)13(9)10)14(19)15(2)8-12(17)18/h4-7H,8H2,1-3H3,(H,17,18). The summed E-state index contributed by atoms with van der Waals surface area (Å²) in [5, 5.41) is 9.71. The molecule has 0 aliphatic rings. The average molecular weight is 260 g/mol. The summed E-state index contributed by atoms with van der Waals surface area (Å²) in [5.41, 5.74) is 2.57. The summed E-state index contributed by atoms with van der Waals surface area (Å²) >= 11 is 0. The molecule has 0 bridgehead atoms. The molecule has 19 heavy (non-hydrogen) atoms. The molecule has 5 heteroatoms. The number of carbonyl (C=O) groups excluding carboxylic acids is 1. The molecule has 1 heterocycles. The van der Waals surface area contributed by atoms with E-state index >= 15 is 0 Å². The molecule has 1 aromatic carbocycles. The Morgan fingerprint density at radius 3 is 2.63 bits per heavy atom. The van der Waals surface area contributed by atoms with Crippen molar-refractivity contribution >= 4 is 22.8 Å². The fraction of sp³-hybridized carbons (Fsp3) is 0.286. The number of hydrogen-bond acceptors (Lipinski definition) is 2. The second-order valence-corrected chi connectivity index (χ2v) is 4.66. The van der Waals surface area contributed by atoms with Gasteiger partial charge in [-0.1, -0.05) is 18.2 Å². The van der Waals surface area contributed by atoms with E-state index in [1.807, 2.05) is 36.7 Å². The molecule has 0 aliphatic heterocycles. The van der Waals surface area contributed by atoms with Crippen molar-refractivity contribution in [2.75, 3.05) is 13.6 Å². The summed E-state index contributed by atoms with van der Waals surface area (Å²) in [5.74, 6) is -1.31. The first-order chi connectivity index (χ1) is 8.91. The maximum absolute atomic E-state index is 12.2. The summed E-state index contributed by atoms with van der Waals surface area (Å²) < 4.78 is 1.81. The molecule has 100 valence electrons. The Balaban J connectivity index is 2.46. The minimum Gasteiger partial charge on any atom is -0.480 e. The Hall–Kier alpha value is -2.30. The lowest BCUT2D eigenvalue weighted by molar-refractivity contribution is -0.137. The van der Waals surface area contributed by atoms with Crippen LogP contribution in [0.3, 0.4) is 0 Å². The third-order valence-electron chi connectivity index (χ3n) is 3.20.